The third-order valence-electron chi connectivity index (χ3n) is 4.68. The smallest absolute Gasteiger partial charge is 0.299 e. The Kier molecular flexibility index (Phi) is 5.48. The van der Waals surface area contributed by atoms with Gasteiger partial charge in [-0.3, -0.25) is 4.57 Å². The molecule has 0 atom stereocenters. The van der Waals surface area contributed by atoms with Gasteiger partial charge in [-0.15, -0.1) is 0 Å². The monoisotopic (exact) mass is 457 g/mol. The van der Waals surface area contributed by atoms with Crippen molar-refractivity contribution < 1.29 is 13.2 Å². The van der Waals surface area contributed by atoms with Gasteiger partial charge < -0.3 is 0 Å². The first-order valence-electron chi connectivity index (χ1n) is 8.99. The van der Waals surface area contributed by atoms with Crippen LogP contribution in [0.1, 0.15) is 16.7 Å². The molecule has 2 heterocycles. The summed E-state index contributed by atoms with van der Waals surface area (Å²) in [6.45, 7) is 0. The van der Waals surface area contributed by atoms with E-state index >= 15 is 0 Å². The van der Waals surface area contributed by atoms with Gasteiger partial charge in [-0.2, -0.15) is 18.4 Å². The van der Waals surface area contributed by atoms with Crippen LogP contribution in [0.25, 0.3) is 28.4 Å². The molecule has 0 unspecified atom stereocenters. The molecule has 0 amide bonds. The average molecular weight is 458 g/mol. The number of hydrogen-bond acceptors (Lipinski definition) is 2. The van der Waals surface area contributed by atoms with E-state index in [1.54, 1.807) is 53.2 Å². The Morgan fingerprint density at radius 1 is 1.06 bits per heavy atom. The number of para-hydroxylation sites is 1. The van der Waals surface area contributed by atoms with Gasteiger partial charge in [0.2, 0.25) is 0 Å². The van der Waals surface area contributed by atoms with Crippen molar-refractivity contribution >= 4 is 45.8 Å². The van der Waals surface area contributed by atoms with Crippen LogP contribution in [0, 0.1) is 11.3 Å². The molecule has 0 aliphatic carbocycles. The molecule has 0 fully saturated rings. The van der Waals surface area contributed by atoms with E-state index in [0.29, 0.717) is 21.7 Å². The average Bonchev–Trinajstić information content (AvgIpc) is 3.12. The Bertz CT molecular complexity index is 1350. The summed E-state index contributed by atoms with van der Waals surface area (Å²) >= 11 is 12.1. The quantitative estimate of drug-likeness (QED) is 0.300. The van der Waals surface area contributed by atoms with Crippen LogP contribution in [0.15, 0.2) is 67.0 Å². The van der Waals surface area contributed by atoms with E-state index < -0.39 is 11.7 Å². The maximum Gasteiger partial charge on any atom is 0.417 e. The lowest BCUT2D eigenvalue weighted by Gasteiger charge is -2.10. The molecule has 4 aromatic rings. The Balaban J connectivity index is 1.89. The Labute approximate surface area is 185 Å². The number of aromatic nitrogens is 2. The van der Waals surface area contributed by atoms with E-state index in [0.717, 1.165) is 23.2 Å². The molecule has 0 aliphatic heterocycles. The molecular weight excluding hydrogens is 446 g/mol. The number of rotatable bonds is 3. The largest absolute Gasteiger partial charge is 0.417 e. The second-order valence-electron chi connectivity index (χ2n) is 6.68. The molecule has 4 rings (SSSR count). The van der Waals surface area contributed by atoms with Gasteiger partial charge in [0.05, 0.1) is 27.7 Å². The fourth-order valence-electron chi connectivity index (χ4n) is 3.23. The Hall–Kier alpha value is -3.27. The lowest BCUT2D eigenvalue weighted by molar-refractivity contribution is -0.137. The van der Waals surface area contributed by atoms with Gasteiger partial charge in [0.25, 0.3) is 0 Å². The summed E-state index contributed by atoms with van der Waals surface area (Å²) in [5.41, 5.74) is 1.48. The van der Waals surface area contributed by atoms with Crippen LogP contribution in [0.3, 0.4) is 0 Å². The molecular formula is C23H12Cl2F3N3. The molecule has 0 saturated carbocycles. The normalized spacial score (nSPS) is 12.2. The number of pyridine rings is 1. The maximum atomic E-state index is 13.0. The van der Waals surface area contributed by atoms with Crippen LogP contribution in [0.2, 0.25) is 10.0 Å². The molecule has 3 nitrogen and oxygen atoms in total. The second kappa shape index (κ2) is 8.10. The summed E-state index contributed by atoms with van der Waals surface area (Å²) in [6.07, 6.45) is -0.444. The number of hydrogen-bond donors (Lipinski definition) is 0. The molecule has 2 aromatic carbocycles. The second-order valence-corrected chi connectivity index (χ2v) is 7.52. The standard InChI is InChI=1S/C23H12Cl2F3N3/c24-17-7-5-14(6-8-17)9-15(11-29)19-13-31(21-4-2-1-3-18(19)21)22-20(25)10-16(12-30-22)23(26,27)28/h1-10,12-13H. The first-order chi connectivity index (χ1) is 14.8. The summed E-state index contributed by atoms with van der Waals surface area (Å²) in [5.74, 6) is 0.140. The van der Waals surface area contributed by atoms with Crippen LogP contribution in [-0.4, -0.2) is 9.55 Å². The molecule has 0 bridgehead atoms. The van der Waals surface area contributed by atoms with E-state index in [1.807, 2.05) is 12.1 Å². The molecule has 0 saturated heterocycles. The number of benzene rings is 2. The van der Waals surface area contributed by atoms with Crippen molar-refractivity contribution in [2.45, 2.75) is 6.18 Å². The van der Waals surface area contributed by atoms with Crippen LogP contribution < -0.4 is 0 Å². The minimum Gasteiger partial charge on any atom is -0.299 e. The highest BCUT2D eigenvalue weighted by Crippen LogP contribution is 2.35. The Morgan fingerprint density at radius 2 is 1.77 bits per heavy atom. The van der Waals surface area contributed by atoms with Crippen molar-refractivity contribution in [2.24, 2.45) is 0 Å². The highest BCUT2D eigenvalue weighted by atomic mass is 35.5. The van der Waals surface area contributed by atoms with E-state index in [9.17, 15) is 18.4 Å². The highest BCUT2D eigenvalue weighted by molar-refractivity contribution is 6.32. The number of nitrogens with zero attached hydrogens (tertiary/aromatic N) is 3. The fraction of sp³-hybridized carbons (Fsp3) is 0.0435. The fourth-order valence-corrected chi connectivity index (χ4v) is 3.61. The molecule has 8 heteroatoms. The van der Waals surface area contributed by atoms with Gasteiger partial charge >= 0.3 is 6.18 Å². The minimum atomic E-state index is -4.55. The summed E-state index contributed by atoms with van der Waals surface area (Å²) in [4.78, 5) is 3.95. The lowest BCUT2D eigenvalue weighted by Crippen LogP contribution is -2.07. The van der Waals surface area contributed by atoms with Gasteiger partial charge in [0.15, 0.2) is 5.82 Å². The van der Waals surface area contributed by atoms with Crippen molar-refractivity contribution in [3.63, 3.8) is 0 Å². The van der Waals surface area contributed by atoms with Crippen molar-refractivity contribution in [2.75, 3.05) is 0 Å². The number of nitriles is 1. The minimum absolute atomic E-state index is 0.140. The maximum absolute atomic E-state index is 13.0. The summed E-state index contributed by atoms with van der Waals surface area (Å²) in [5, 5.41) is 11.0. The van der Waals surface area contributed by atoms with Crippen molar-refractivity contribution in [1.82, 2.24) is 9.55 Å². The zero-order valence-electron chi connectivity index (χ0n) is 15.7. The number of allylic oxidation sites excluding steroid dienone is 1. The van der Waals surface area contributed by atoms with Crippen LogP contribution >= 0.6 is 23.2 Å². The highest BCUT2D eigenvalue weighted by Gasteiger charge is 2.32. The zero-order chi connectivity index (χ0) is 22.2. The molecule has 154 valence electrons. The summed E-state index contributed by atoms with van der Waals surface area (Å²) < 4.78 is 40.5. The number of alkyl halides is 3. The van der Waals surface area contributed by atoms with Gasteiger partial charge in [-0.05, 0) is 35.9 Å². The number of halogens is 5. The van der Waals surface area contributed by atoms with Crippen molar-refractivity contribution in [3.8, 4) is 11.9 Å². The zero-order valence-corrected chi connectivity index (χ0v) is 17.2. The van der Waals surface area contributed by atoms with Crippen molar-refractivity contribution in [3.05, 3.63) is 93.7 Å². The molecule has 31 heavy (non-hydrogen) atoms. The predicted molar refractivity (Wildman–Crippen MR) is 116 cm³/mol. The first-order valence-corrected chi connectivity index (χ1v) is 9.74. The summed E-state index contributed by atoms with van der Waals surface area (Å²) in [6, 6.07) is 17.3. The Morgan fingerprint density at radius 3 is 2.42 bits per heavy atom. The first kappa shape index (κ1) is 21.0. The SMILES string of the molecule is N#CC(=Cc1ccc(Cl)cc1)c1cn(-c2ncc(C(F)(F)F)cc2Cl)c2ccccc12. The molecule has 0 radical (unpaired) electrons. The molecule has 0 aliphatic rings. The van der Waals surface area contributed by atoms with E-state index in [2.05, 4.69) is 11.1 Å². The molecule has 0 spiro atoms. The summed E-state index contributed by atoms with van der Waals surface area (Å²) in [7, 11) is 0. The molecule has 2 aromatic heterocycles. The van der Waals surface area contributed by atoms with E-state index in [4.69, 9.17) is 23.2 Å². The number of fused-ring (bicyclic) bond motifs is 1. The lowest BCUT2D eigenvalue weighted by atomic mass is 10.0. The van der Waals surface area contributed by atoms with Gasteiger partial charge in [0.1, 0.15) is 0 Å². The third kappa shape index (κ3) is 4.15. The van der Waals surface area contributed by atoms with Crippen LogP contribution in [0.5, 0.6) is 0 Å². The van der Waals surface area contributed by atoms with E-state index in [-0.39, 0.29) is 10.8 Å². The predicted octanol–water partition coefficient (Wildman–Crippen LogP) is 7.42. The van der Waals surface area contributed by atoms with Gasteiger partial charge in [0, 0.05) is 28.4 Å². The third-order valence-corrected chi connectivity index (χ3v) is 5.21. The van der Waals surface area contributed by atoms with Crippen LogP contribution in [-0.2, 0) is 6.18 Å². The van der Waals surface area contributed by atoms with Crippen LogP contribution in [0.4, 0.5) is 13.2 Å². The topological polar surface area (TPSA) is 41.6 Å². The van der Waals surface area contributed by atoms with E-state index in [1.165, 1.54) is 0 Å². The van der Waals surface area contributed by atoms with Gasteiger partial charge in [-0.25, -0.2) is 4.98 Å². The molecule has 0 N–H and O–H groups in total. The van der Waals surface area contributed by atoms with Crippen molar-refractivity contribution in [1.29, 1.82) is 5.26 Å². The van der Waals surface area contributed by atoms with Gasteiger partial charge in [-0.1, -0.05) is 53.5 Å².